The SMILES string of the molecule is C=CCN(C(=O)O)c1cccc(-c2nc(C)sc2-c2ccnc(Nc3ccc4c(c3)CN(C)CC4)n2)c1. The van der Waals surface area contributed by atoms with Gasteiger partial charge < -0.3 is 15.3 Å². The van der Waals surface area contributed by atoms with Crippen LogP contribution in [0.5, 0.6) is 0 Å². The van der Waals surface area contributed by atoms with Gasteiger partial charge in [0.15, 0.2) is 0 Å². The molecule has 2 N–H and O–H groups in total. The molecule has 37 heavy (non-hydrogen) atoms. The molecule has 5 rings (SSSR count). The highest BCUT2D eigenvalue weighted by Gasteiger charge is 2.19. The zero-order valence-corrected chi connectivity index (χ0v) is 21.6. The lowest BCUT2D eigenvalue weighted by Gasteiger charge is -2.25. The summed E-state index contributed by atoms with van der Waals surface area (Å²) >= 11 is 1.55. The smallest absolute Gasteiger partial charge is 0.412 e. The number of aromatic nitrogens is 3. The Labute approximate surface area is 220 Å². The number of amides is 1. The van der Waals surface area contributed by atoms with Crippen LogP contribution < -0.4 is 10.2 Å². The largest absolute Gasteiger partial charge is 0.465 e. The minimum Gasteiger partial charge on any atom is -0.465 e. The molecule has 0 atom stereocenters. The molecule has 0 spiro atoms. The van der Waals surface area contributed by atoms with E-state index < -0.39 is 6.09 Å². The first-order valence-electron chi connectivity index (χ1n) is 12.0. The fraction of sp³-hybridized carbons (Fsp3) is 0.214. The third-order valence-electron chi connectivity index (χ3n) is 6.26. The monoisotopic (exact) mass is 512 g/mol. The van der Waals surface area contributed by atoms with Crippen LogP contribution in [0, 0.1) is 6.92 Å². The van der Waals surface area contributed by atoms with Gasteiger partial charge in [-0.05, 0) is 61.9 Å². The standard InChI is InChI=1S/C28H28N6O2S/c1-4-13-34(28(35)36)23-7-5-6-20(16-23)25-26(37-18(2)30-25)24-10-12-29-27(32-24)31-22-9-8-19-11-14-33(3)17-21(19)15-22/h4-10,12,15-16H,1,11,13-14,17H2,2-3H3,(H,35,36)(H,29,31,32). The maximum absolute atomic E-state index is 11.8. The van der Waals surface area contributed by atoms with Gasteiger partial charge in [-0.3, -0.25) is 4.90 Å². The zero-order valence-electron chi connectivity index (χ0n) is 20.8. The minimum absolute atomic E-state index is 0.196. The molecule has 3 heterocycles. The Balaban J connectivity index is 1.46. The normalized spacial score (nSPS) is 13.1. The van der Waals surface area contributed by atoms with E-state index in [-0.39, 0.29) is 6.54 Å². The summed E-state index contributed by atoms with van der Waals surface area (Å²) in [6, 6.07) is 15.7. The minimum atomic E-state index is -1.04. The Morgan fingerprint density at radius 2 is 2.08 bits per heavy atom. The van der Waals surface area contributed by atoms with Crippen LogP contribution >= 0.6 is 11.3 Å². The predicted octanol–water partition coefficient (Wildman–Crippen LogP) is 5.98. The van der Waals surface area contributed by atoms with Gasteiger partial charge in [-0.2, -0.15) is 0 Å². The van der Waals surface area contributed by atoms with Crippen molar-refractivity contribution >= 4 is 34.8 Å². The maximum Gasteiger partial charge on any atom is 0.412 e. The van der Waals surface area contributed by atoms with Crippen molar-refractivity contribution in [1.29, 1.82) is 0 Å². The third-order valence-corrected chi connectivity index (χ3v) is 7.25. The molecule has 0 aliphatic carbocycles. The fourth-order valence-corrected chi connectivity index (χ4v) is 5.40. The first kappa shape index (κ1) is 24.6. The van der Waals surface area contributed by atoms with Crippen molar-refractivity contribution in [1.82, 2.24) is 19.9 Å². The Hall–Kier alpha value is -4.08. The van der Waals surface area contributed by atoms with Gasteiger partial charge >= 0.3 is 6.09 Å². The number of carbonyl (C=O) groups is 1. The first-order chi connectivity index (χ1) is 17.9. The van der Waals surface area contributed by atoms with Crippen LogP contribution in [0.4, 0.5) is 22.1 Å². The zero-order chi connectivity index (χ0) is 25.9. The topological polar surface area (TPSA) is 94.5 Å². The van der Waals surface area contributed by atoms with Gasteiger partial charge in [-0.15, -0.1) is 17.9 Å². The fourth-order valence-electron chi connectivity index (χ4n) is 4.49. The number of rotatable bonds is 7. The number of hydrogen-bond donors (Lipinski definition) is 2. The van der Waals surface area contributed by atoms with Crippen molar-refractivity contribution in [2.24, 2.45) is 0 Å². The number of nitrogens with one attached hydrogen (secondary N) is 1. The Kier molecular flexibility index (Phi) is 6.98. The number of aryl methyl sites for hydroxylation is 1. The second-order valence-corrected chi connectivity index (χ2v) is 10.2. The van der Waals surface area contributed by atoms with Crippen LogP contribution in [0.1, 0.15) is 16.1 Å². The summed E-state index contributed by atoms with van der Waals surface area (Å²) in [4.78, 5) is 30.2. The van der Waals surface area contributed by atoms with E-state index in [2.05, 4.69) is 47.0 Å². The van der Waals surface area contributed by atoms with E-state index >= 15 is 0 Å². The molecule has 0 radical (unpaired) electrons. The maximum atomic E-state index is 11.8. The Bertz CT molecular complexity index is 1470. The number of benzene rings is 2. The molecule has 0 saturated carbocycles. The highest BCUT2D eigenvalue weighted by molar-refractivity contribution is 7.15. The second-order valence-electron chi connectivity index (χ2n) is 9.00. The van der Waals surface area contributed by atoms with Crippen molar-refractivity contribution in [3.05, 3.63) is 83.5 Å². The van der Waals surface area contributed by atoms with Crippen molar-refractivity contribution in [3.8, 4) is 21.8 Å². The van der Waals surface area contributed by atoms with Gasteiger partial charge in [-0.1, -0.05) is 24.3 Å². The molecule has 2 aromatic heterocycles. The number of nitrogens with zero attached hydrogens (tertiary/aromatic N) is 5. The summed E-state index contributed by atoms with van der Waals surface area (Å²) in [5, 5.41) is 13.9. The number of anilines is 3. The molecule has 1 aliphatic rings. The van der Waals surface area contributed by atoms with Gasteiger partial charge in [0.05, 0.1) is 21.3 Å². The molecule has 0 bridgehead atoms. The average Bonchev–Trinajstić information content (AvgIpc) is 3.29. The lowest BCUT2D eigenvalue weighted by atomic mass is 9.99. The second kappa shape index (κ2) is 10.5. The summed E-state index contributed by atoms with van der Waals surface area (Å²) in [6.45, 7) is 7.83. The highest BCUT2D eigenvalue weighted by Crippen LogP contribution is 2.37. The molecule has 188 valence electrons. The van der Waals surface area contributed by atoms with Gasteiger partial charge in [0.2, 0.25) is 5.95 Å². The molecule has 4 aromatic rings. The van der Waals surface area contributed by atoms with Crippen LogP contribution in [0.15, 0.2) is 67.4 Å². The number of thiazole rings is 1. The van der Waals surface area contributed by atoms with Gasteiger partial charge in [0, 0.05) is 42.8 Å². The predicted molar refractivity (Wildman–Crippen MR) is 149 cm³/mol. The summed E-state index contributed by atoms with van der Waals surface area (Å²) in [5.41, 5.74) is 6.55. The van der Waals surface area contributed by atoms with Gasteiger partial charge in [0.25, 0.3) is 0 Å². The van der Waals surface area contributed by atoms with Crippen molar-refractivity contribution in [2.75, 3.05) is 30.4 Å². The molecule has 1 aliphatic heterocycles. The van der Waals surface area contributed by atoms with Crippen molar-refractivity contribution in [3.63, 3.8) is 0 Å². The molecule has 2 aromatic carbocycles. The van der Waals surface area contributed by atoms with E-state index in [0.29, 0.717) is 11.6 Å². The van der Waals surface area contributed by atoms with Crippen molar-refractivity contribution < 1.29 is 9.90 Å². The van der Waals surface area contributed by atoms with E-state index in [1.54, 1.807) is 29.7 Å². The van der Waals surface area contributed by atoms with E-state index in [9.17, 15) is 9.90 Å². The number of fused-ring (bicyclic) bond motifs is 1. The molecule has 0 fully saturated rings. The highest BCUT2D eigenvalue weighted by atomic mass is 32.1. The summed E-state index contributed by atoms with van der Waals surface area (Å²) in [5.74, 6) is 0.510. The summed E-state index contributed by atoms with van der Waals surface area (Å²) in [6.07, 6.45) is 3.33. The number of hydrogen-bond acceptors (Lipinski definition) is 7. The molecule has 1 amide bonds. The molecular formula is C28H28N6O2S. The molecule has 0 unspecified atom stereocenters. The molecular weight excluding hydrogens is 484 g/mol. The quantitative estimate of drug-likeness (QED) is 0.294. The third kappa shape index (κ3) is 5.37. The van der Waals surface area contributed by atoms with E-state index in [4.69, 9.17) is 9.97 Å². The van der Waals surface area contributed by atoms with Crippen molar-refractivity contribution in [2.45, 2.75) is 19.9 Å². The lowest BCUT2D eigenvalue weighted by molar-refractivity contribution is 0.202. The van der Waals surface area contributed by atoms with E-state index in [1.807, 2.05) is 31.2 Å². The van der Waals surface area contributed by atoms with Crippen LogP contribution in [-0.4, -0.2) is 51.2 Å². The van der Waals surface area contributed by atoms with Gasteiger partial charge in [0.1, 0.15) is 0 Å². The van der Waals surface area contributed by atoms with Crippen LogP contribution in [0.3, 0.4) is 0 Å². The first-order valence-corrected chi connectivity index (χ1v) is 12.8. The van der Waals surface area contributed by atoms with E-state index in [0.717, 1.165) is 52.0 Å². The Morgan fingerprint density at radius 3 is 2.89 bits per heavy atom. The van der Waals surface area contributed by atoms with Crippen LogP contribution in [-0.2, 0) is 13.0 Å². The van der Waals surface area contributed by atoms with E-state index in [1.165, 1.54) is 16.0 Å². The molecule has 9 heteroatoms. The number of likely N-dealkylation sites (N-methyl/N-ethyl adjacent to an activating group) is 1. The van der Waals surface area contributed by atoms with Crippen LogP contribution in [0.2, 0.25) is 0 Å². The Morgan fingerprint density at radius 1 is 1.22 bits per heavy atom. The summed E-state index contributed by atoms with van der Waals surface area (Å²) in [7, 11) is 2.14. The van der Waals surface area contributed by atoms with Crippen LogP contribution in [0.25, 0.3) is 21.8 Å². The lowest BCUT2D eigenvalue weighted by Crippen LogP contribution is -2.29. The number of carboxylic acid groups (broad SMARTS) is 1. The molecule has 8 nitrogen and oxygen atoms in total. The van der Waals surface area contributed by atoms with Gasteiger partial charge in [-0.25, -0.2) is 19.7 Å². The molecule has 0 saturated heterocycles. The average molecular weight is 513 g/mol. The summed E-state index contributed by atoms with van der Waals surface area (Å²) < 4.78 is 0.